The normalized spacial score (nSPS) is 17.6. The minimum Gasteiger partial charge on any atom is -0.354 e. The van der Waals surface area contributed by atoms with Gasteiger partial charge in [-0.3, -0.25) is 9.48 Å². The van der Waals surface area contributed by atoms with Crippen molar-refractivity contribution in [2.24, 2.45) is 12.8 Å². The summed E-state index contributed by atoms with van der Waals surface area (Å²) in [6.07, 6.45) is 7.16. The fraction of sp³-hybridized carbons (Fsp3) is 0.750. The topological polar surface area (TPSA) is 85.8 Å². The van der Waals surface area contributed by atoms with Gasteiger partial charge in [-0.1, -0.05) is 19.3 Å². The van der Waals surface area contributed by atoms with Crippen LogP contribution in [0.5, 0.6) is 0 Å². The Kier molecular flexibility index (Phi) is 5.75. The van der Waals surface area contributed by atoms with E-state index in [9.17, 15) is 4.79 Å². The maximum Gasteiger partial charge on any atom is 0.240 e. The highest BCUT2D eigenvalue weighted by Crippen LogP contribution is 2.25. The second-order valence-corrected chi connectivity index (χ2v) is 5.06. The summed E-state index contributed by atoms with van der Waals surface area (Å²) in [6, 6.07) is 0. The van der Waals surface area contributed by atoms with E-state index in [0.717, 1.165) is 31.5 Å². The molecule has 0 saturated heterocycles. The molecule has 1 fully saturated rings. The van der Waals surface area contributed by atoms with Gasteiger partial charge in [0.05, 0.1) is 5.54 Å². The minimum absolute atomic E-state index is 0. The number of nitrogens with two attached hydrogens (primary N) is 1. The first-order valence-electron chi connectivity index (χ1n) is 6.52. The SMILES string of the molecule is Cl.Cn1cnc(CCNC(=O)C2(N)CCCCC2)n1. The third-order valence-corrected chi connectivity index (χ3v) is 3.48. The van der Waals surface area contributed by atoms with E-state index < -0.39 is 5.54 Å². The maximum absolute atomic E-state index is 12.0. The molecule has 1 aromatic heterocycles. The summed E-state index contributed by atoms with van der Waals surface area (Å²) in [6.45, 7) is 0.543. The molecule has 19 heavy (non-hydrogen) atoms. The van der Waals surface area contributed by atoms with Gasteiger partial charge in [0.2, 0.25) is 5.91 Å². The average molecular weight is 288 g/mol. The molecule has 0 bridgehead atoms. The van der Waals surface area contributed by atoms with Crippen LogP contribution < -0.4 is 11.1 Å². The zero-order valence-electron chi connectivity index (χ0n) is 11.3. The van der Waals surface area contributed by atoms with Crippen LogP contribution in [-0.4, -0.2) is 32.8 Å². The number of aryl methyl sites for hydroxylation is 1. The van der Waals surface area contributed by atoms with Crippen LogP contribution in [0.2, 0.25) is 0 Å². The van der Waals surface area contributed by atoms with E-state index in [2.05, 4.69) is 15.4 Å². The van der Waals surface area contributed by atoms with Crippen molar-refractivity contribution < 1.29 is 4.79 Å². The van der Waals surface area contributed by atoms with Gasteiger partial charge in [-0.15, -0.1) is 12.4 Å². The van der Waals surface area contributed by atoms with Gasteiger partial charge < -0.3 is 11.1 Å². The highest BCUT2D eigenvalue weighted by molar-refractivity contribution is 5.86. The number of nitrogens with one attached hydrogen (secondary N) is 1. The number of rotatable bonds is 4. The van der Waals surface area contributed by atoms with E-state index >= 15 is 0 Å². The molecule has 1 aliphatic carbocycles. The Labute approximate surface area is 119 Å². The van der Waals surface area contributed by atoms with E-state index in [1.54, 1.807) is 11.0 Å². The van der Waals surface area contributed by atoms with Crippen LogP contribution in [-0.2, 0) is 18.3 Å². The molecule has 108 valence electrons. The van der Waals surface area contributed by atoms with Gasteiger partial charge in [-0.05, 0) is 12.8 Å². The van der Waals surface area contributed by atoms with Gasteiger partial charge in [0.15, 0.2) is 5.82 Å². The molecule has 1 saturated carbocycles. The molecule has 1 aromatic rings. The molecule has 0 radical (unpaired) electrons. The van der Waals surface area contributed by atoms with Crippen LogP contribution in [0.4, 0.5) is 0 Å². The fourth-order valence-corrected chi connectivity index (χ4v) is 2.37. The Balaban J connectivity index is 0.00000180. The standard InChI is InChI=1S/C12H21N5O.ClH/c1-17-9-15-10(16-17)5-8-14-11(18)12(13)6-3-2-4-7-12;/h9H,2-8,13H2,1H3,(H,14,18);1H. The van der Waals surface area contributed by atoms with E-state index in [-0.39, 0.29) is 18.3 Å². The molecule has 0 aromatic carbocycles. The zero-order valence-corrected chi connectivity index (χ0v) is 12.1. The van der Waals surface area contributed by atoms with Crippen molar-refractivity contribution in [1.82, 2.24) is 20.1 Å². The summed E-state index contributed by atoms with van der Waals surface area (Å²) in [5.74, 6) is 0.714. The first-order chi connectivity index (χ1) is 8.60. The molecule has 2 rings (SSSR count). The maximum atomic E-state index is 12.0. The molecule has 0 spiro atoms. The Morgan fingerprint density at radius 1 is 1.47 bits per heavy atom. The van der Waals surface area contributed by atoms with Gasteiger partial charge in [-0.25, -0.2) is 4.98 Å². The van der Waals surface area contributed by atoms with Crippen molar-refractivity contribution in [3.63, 3.8) is 0 Å². The van der Waals surface area contributed by atoms with Gasteiger partial charge in [0.25, 0.3) is 0 Å². The molecule has 1 amide bonds. The number of amides is 1. The molecule has 1 aliphatic rings. The van der Waals surface area contributed by atoms with Gasteiger partial charge in [0.1, 0.15) is 6.33 Å². The van der Waals surface area contributed by atoms with E-state index in [1.807, 2.05) is 7.05 Å². The predicted octanol–water partition coefficient (Wildman–Crippen LogP) is 0.557. The fourth-order valence-electron chi connectivity index (χ4n) is 2.37. The van der Waals surface area contributed by atoms with Crippen LogP contribution in [0.15, 0.2) is 6.33 Å². The number of aromatic nitrogens is 3. The largest absolute Gasteiger partial charge is 0.354 e. The first kappa shape index (κ1) is 15.9. The van der Waals surface area contributed by atoms with Crippen LogP contribution >= 0.6 is 12.4 Å². The second-order valence-electron chi connectivity index (χ2n) is 5.06. The Bertz CT molecular complexity index is 414. The lowest BCUT2D eigenvalue weighted by Crippen LogP contribution is -2.55. The van der Waals surface area contributed by atoms with Crippen molar-refractivity contribution in [3.05, 3.63) is 12.2 Å². The average Bonchev–Trinajstić information content (AvgIpc) is 2.76. The zero-order chi connectivity index (χ0) is 13.0. The summed E-state index contributed by atoms with van der Waals surface area (Å²) in [7, 11) is 1.83. The summed E-state index contributed by atoms with van der Waals surface area (Å²) < 4.78 is 1.66. The lowest BCUT2D eigenvalue weighted by molar-refractivity contribution is -0.127. The predicted molar refractivity (Wildman–Crippen MR) is 75.0 cm³/mol. The van der Waals surface area contributed by atoms with Crippen molar-refractivity contribution >= 4 is 18.3 Å². The van der Waals surface area contributed by atoms with Crippen LogP contribution in [0.1, 0.15) is 37.9 Å². The summed E-state index contributed by atoms with van der Waals surface area (Å²) >= 11 is 0. The molecule has 7 heteroatoms. The highest BCUT2D eigenvalue weighted by Gasteiger charge is 2.34. The third-order valence-electron chi connectivity index (χ3n) is 3.48. The molecular weight excluding hydrogens is 266 g/mol. The van der Waals surface area contributed by atoms with Crippen LogP contribution in [0, 0.1) is 0 Å². The van der Waals surface area contributed by atoms with E-state index in [4.69, 9.17) is 5.73 Å². The monoisotopic (exact) mass is 287 g/mol. The quantitative estimate of drug-likeness (QED) is 0.847. The summed E-state index contributed by atoms with van der Waals surface area (Å²) in [5, 5.41) is 7.06. The number of hydrogen-bond donors (Lipinski definition) is 2. The number of carbonyl (C=O) groups excluding carboxylic acids is 1. The Morgan fingerprint density at radius 3 is 2.74 bits per heavy atom. The summed E-state index contributed by atoms with van der Waals surface area (Å²) in [4.78, 5) is 16.1. The van der Waals surface area contributed by atoms with Crippen molar-refractivity contribution in [1.29, 1.82) is 0 Å². The highest BCUT2D eigenvalue weighted by atomic mass is 35.5. The first-order valence-corrected chi connectivity index (χ1v) is 6.52. The Morgan fingerprint density at radius 2 is 2.16 bits per heavy atom. The number of carbonyl (C=O) groups is 1. The lowest BCUT2D eigenvalue weighted by atomic mass is 9.82. The van der Waals surface area contributed by atoms with Crippen LogP contribution in [0.25, 0.3) is 0 Å². The lowest BCUT2D eigenvalue weighted by Gasteiger charge is -2.31. The van der Waals surface area contributed by atoms with Gasteiger partial charge >= 0.3 is 0 Å². The number of nitrogens with zero attached hydrogens (tertiary/aromatic N) is 3. The number of halogens is 1. The van der Waals surface area contributed by atoms with Crippen molar-refractivity contribution in [3.8, 4) is 0 Å². The van der Waals surface area contributed by atoms with E-state index in [0.29, 0.717) is 13.0 Å². The van der Waals surface area contributed by atoms with Crippen molar-refractivity contribution in [2.45, 2.75) is 44.1 Å². The van der Waals surface area contributed by atoms with Crippen LogP contribution in [0.3, 0.4) is 0 Å². The molecule has 3 N–H and O–H groups in total. The van der Waals surface area contributed by atoms with Gasteiger partial charge in [-0.2, -0.15) is 5.10 Å². The van der Waals surface area contributed by atoms with E-state index in [1.165, 1.54) is 6.42 Å². The summed E-state index contributed by atoms with van der Waals surface area (Å²) in [5.41, 5.74) is 5.48. The third kappa shape index (κ3) is 4.18. The molecule has 0 aliphatic heterocycles. The minimum atomic E-state index is -0.657. The molecule has 0 atom stereocenters. The van der Waals surface area contributed by atoms with Crippen molar-refractivity contribution in [2.75, 3.05) is 6.54 Å². The molecule has 0 unspecified atom stereocenters. The van der Waals surface area contributed by atoms with Gasteiger partial charge in [0, 0.05) is 20.0 Å². The molecule has 6 nitrogen and oxygen atoms in total. The molecule has 1 heterocycles. The number of hydrogen-bond acceptors (Lipinski definition) is 4. The smallest absolute Gasteiger partial charge is 0.240 e. The molecular formula is C12H22ClN5O. The second kappa shape index (κ2) is 6.86. The Hall–Kier alpha value is -1.14.